The topological polar surface area (TPSA) is 46.5 Å². The molecule has 1 aromatic carbocycles. The van der Waals surface area contributed by atoms with E-state index in [0.717, 1.165) is 11.1 Å². The van der Waals surface area contributed by atoms with Crippen molar-refractivity contribution in [2.75, 3.05) is 7.11 Å². The molecule has 1 unspecified atom stereocenters. The van der Waals surface area contributed by atoms with Crippen molar-refractivity contribution in [3.8, 4) is 5.75 Å². The molecule has 3 heteroatoms. The van der Waals surface area contributed by atoms with Crippen LogP contribution in [-0.2, 0) is 4.74 Å². The van der Waals surface area contributed by atoms with Gasteiger partial charge in [-0.05, 0) is 44.5 Å². The molecular formula is C14H18O3. The molecule has 0 saturated carbocycles. The van der Waals surface area contributed by atoms with Crippen LogP contribution >= 0.6 is 0 Å². The number of hydrogen-bond acceptors (Lipinski definition) is 3. The van der Waals surface area contributed by atoms with Gasteiger partial charge in [-0.25, -0.2) is 0 Å². The van der Waals surface area contributed by atoms with Crippen molar-refractivity contribution in [3.63, 3.8) is 0 Å². The normalized spacial score (nSPS) is 12.0. The minimum Gasteiger partial charge on any atom is -0.507 e. The van der Waals surface area contributed by atoms with Crippen LogP contribution in [0.1, 0.15) is 42.8 Å². The number of hydrogen-bond donors (Lipinski definition) is 1. The summed E-state index contributed by atoms with van der Waals surface area (Å²) in [6.45, 7) is 5.58. The van der Waals surface area contributed by atoms with Crippen molar-refractivity contribution in [2.24, 2.45) is 0 Å². The number of allylic oxidation sites excluding steroid dienone is 2. The van der Waals surface area contributed by atoms with E-state index in [9.17, 15) is 9.90 Å². The second kappa shape index (κ2) is 5.64. The minimum atomic E-state index is -0.187. The molecule has 0 bridgehead atoms. The average molecular weight is 234 g/mol. The summed E-state index contributed by atoms with van der Waals surface area (Å²) in [4.78, 5) is 11.9. The summed E-state index contributed by atoms with van der Waals surface area (Å²) in [6.07, 6.45) is 1.41. The molecule has 0 aliphatic heterocycles. The summed E-state index contributed by atoms with van der Waals surface area (Å²) in [7, 11) is 1.61. The van der Waals surface area contributed by atoms with Crippen molar-refractivity contribution >= 4 is 5.78 Å². The van der Waals surface area contributed by atoms with Gasteiger partial charge in [0.05, 0.1) is 11.7 Å². The van der Waals surface area contributed by atoms with Crippen LogP contribution in [0.25, 0.3) is 0 Å². The number of carbonyl (C=O) groups is 1. The van der Waals surface area contributed by atoms with Crippen LogP contribution in [0.4, 0.5) is 0 Å². The van der Waals surface area contributed by atoms with E-state index in [-0.39, 0.29) is 17.6 Å². The molecule has 0 spiro atoms. The number of phenolic OH excluding ortho intramolecular Hbond substituents is 1. The molecule has 0 aromatic heterocycles. The van der Waals surface area contributed by atoms with Gasteiger partial charge in [-0.3, -0.25) is 4.79 Å². The van der Waals surface area contributed by atoms with Crippen molar-refractivity contribution < 1.29 is 14.6 Å². The Balaban J connectivity index is 3.15. The van der Waals surface area contributed by atoms with E-state index in [1.54, 1.807) is 19.2 Å². The molecule has 17 heavy (non-hydrogen) atoms. The Morgan fingerprint density at radius 1 is 1.41 bits per heavy atom. The van der Waals surface area contributed by atoms with Crippen LogP contribution in [0.5, 0.6) is 5.75 Å². The molecule has 0 aliphatic rings. The summed E-state index contributed by atoms with van der Waals surface area (Å²) in [5.74, 6) is -0.188. The van der Waals surface area contributed by atoms with Gasteiger partial charge in [0.15, 0.2) is 5.78 Å². The number of aromatic hydroxyl groups is 1. The zero-order chi connectivity index (χ0) is 13.0. The van der Waals surface area contributed by atoms with E-state index >= 15 is 0 Å². The number of methoxy groups -OCH3 is 1. The Morgan fingerprint density at radius 2 is 2.06 bits per heavy atom. The fraction of sp³-hybridized carbons (Fsp3) is 0.357. The highest BCUT2D eigenvalue weighted by atomic mass is 16.5. The maximum absolute atomic E-state index is 11.9. The molecule has 92 valence electrons. The number of carbonyl (C=O) groups excluding carboxylic acids is 1. The lowest BCUT2D eigenvalue weighted by Crippen LogP contribution is -2.01. The number of benzene rings is 1. The molecule has 1 N–H and O–H groups in total. The molecule has 1 rings (SSSR count). The Hall–Kier alpha value is -1.61. The second-order valence-electron chi connectivity index (χ2n) is 4.24. The largest absolute Gasteiger partial charge is 0.507 e. The summed E-state index contributed by atoms with van der Waals surface area (Å²) in [5, 5.41) is 9.68. The van der Waals surface area contributed by atoms with Gasteiger partial charge >= 0.3 is 0 Å². The Morgan fingerprint density at radius 3 is 2.59 bits per heavy atom. The molecule has 0 fully saturated rings. The summed E-state index contributed by atoms with van der Waals surface area (Å²) in [5.41, 5.74) is 2.09. The Labute approximate surface area is 102 Å². The maximum atomic E-state index is 11.9. The van der Waals surface area contributed by atoms with Gasteiger partial charge in [0.2, 0.25) is 0 Å². The van der Waals surface area contributed by atoms with Crippen molar-refractivity contribution in [1.29, 1.82) is 0 Å². The van der Waals surface area contributed by atoms with Gasteiger partial charge in [-0.15, -0.1) is 0 Å². The van der Waals surface area contributed by atoms with E-state index in [4.69, 9.17) is 4.74 Å². The van der Waals surface area contributed by atoms with Crippen LogP contribution in [0.15, 0.2) is 29.8 Å². The van der Waals surface area contributed by atoms with Gasteiger partial charge < -0.3 is 9.84 Å². The third kappa shape index (κ3) is 3.43. The molecule has 0 heterocycles. The SMILES string of the molecule is COC(C)c1ccc(O)c(C(=O)C=C(C)C)c1. The Bertz CT molecular complexity index is 443. The van der Waals surface area contributed by atoms with Gasteiger partial charge in [0, 0.05) is 7.11 Å². The van der Waals surface area contributed by atoms with Crippen LogP contribution < -0.4 is 0 Å². The third-order valence-electron chi connectivity index (χ3n) is 2.53. The first-order chi connectivity index (χ1) is 7.95. The lowest BCUT2D eigenvalue weighted by molar-refractivity contribution is 0.104. The van der Waals surface area contributed by atoms with Crippen LogP contribution in [0, 0.1) is 0 Å². The van der Waals surface area contributed by atoms with Crippen molar-refractivity contribution in [2.45, 2.75) is 26.9 Å². The lowest BCUT2D eigenvalue weighted by Gasteiger charge is -2.11. The maximum Gasteiger partial charge on any atom is 0.189 e. The van der Waals surface area contributed by atoms with E-state index < -0.39 is 0 Å². The van der Waals surface area contributed by atoms with Crippen LogP contribution in [0.2, 0.25) is 0 Å². The molecule has 0 amide bonds. The van der Waals surface area contributed by atoms with Gasteiger partial charge in [0.25, 0.3) is 0 Å². The van der Waals surface area contributed by atoms with Gasteiger partial charge in [-0.2, -0.15) is 0 Å². The predicted octanol–water partition coefficient (Wildman–Crippen LogP) is 3.25. The minimum absolute atomic E-state index is 0.000414. The average Bonchev–Trinajstić information content (AvgIpc) is 2.27. The van der Waals surface area contributed by atoms with Gasteiger partial charge in [0.1, 0.15) is 5.75 Å². The highest BCUT2D eigenvalue weighted by Crippen LogP contribution is 2.24. The molecule has 1 aromatic rings. The highest BCUT2D eigenvalue weighted by molar-refractivity contribution is 6.06. The van der Waals surface area contributed by atoms with Gasteiger partial charge in [-0.1, -0.05) is 11.6 Å². The standard InChI is InChI=1S/C14H18O3/c1-9(2)7-14(16)12-8-11(10(3)17-4)5-6-13(12)15/h5-8,10,15H,1-4H3. The zero-order valence-electron chi connectivity index (χ0n) is 10.7. The molecule has 0 aliphatic carbocycles. The fourth-order valence-corrected chi connectivity index (χ4v) is 1.48. The van der Waals surface area contributed by atoms with E-state index in [0.29, 0.717) is 5.56 Å². The monoisotopic (exact) mass is 234 g/mol. The third-order valence-corrected chi connectivity index (χ3v) is 2.53. The van der Waals surface area contributed by atoms with Crippen molar-refractivity contribution in [3.05, 3.63) is 41.0 Å². The molecular weight excluding hydrogens is 216 g/mol. The second-order valence-corrected chi connectivity index (χ2v) is 4.24. The predicted molar refractivity (Wildman–Crippen MR) is 67.3 cm³/mol. The van der Waals surface area contributed by atoms with E-state index in [2.05, 4.69) is 0 Å². The number of ketones is 1. The zero-order valence-corrected chi connectivity index (χ0v) is 10.7. The number of ether oxygens (including phenoxy) is 1. The highest BCUT2D eigenvalue weighted by Gasteiger charge is 2.12. The van der Waals surface area contributed by atoms with E-state index in [1.807, 2.05) is 20.8 Å². The lowest BCUT2D eigenvalue weighted by atomic mass is 10.0. The summed E-state index contributed by atoms with van der Waals surface area (Å²) >= 11 is 0. The van der Waals surface area contributed by atoms with E-state index in [1.165, 1.54) is 12.1 Å². The molecule has 0 radical (unpaired) electrons. The fourth-order valence-electron chi connectivity index (χ4n) is 1.48. The molecule has 0 saturated heterocycles. The first-order valence-electron chi connectivity index (χ1n) is 5.50. The summed E-state index contributed by atoms with van der Waals surface area (Å²) < 4.78 is 5.18. The first-order valence-corrected chi connectivity index (χ1v) is 5.50. The Kier molecular flexibility index (Phi) is 4.46. The first kappa shape index (κ1) is 13.5. The molecule has 1 atom stereocenters. The smallest absolute Gasteiger partial charge is 0.189 e. The molecule has 3 nitrogen and oxygen atoms in total. The number of phenols is 1. The quantitative estimate of drug-likeness (QED) is 0.642. The number of rotatable bonds is 4. The summed E-state index contributed by atoms with van der Waals surface area (Å²) in [6, 6.07) is 4.95. The van der Waals surface area contributed by atoms with Crippen LogP contribution in [0.3, 0.4) is 0 Å². The van der Waals surface area contributed by atoms with Crippen LogP contribution in [-0.4, -0.2) is 18.0 Å². The van der Waals surface area contributed by atoms with Crippen molar-refractivity contribution in [1.82, 2.24) is 0 Å².